The average molecular weight is 216 g/mol. The summed E-state index contributed by atoms with van der Waals surface area (Å²) in [6.45, 7) is 3.52. The Morgan fingerprint density at radius 2 is 2.40 bits per heavy atom. The number of ether oxygens (including phenoxy) is 2. The molecule has 1 rings (SSSR count). The molecule has 2 N–H and O–H groups in total. The number of hydrogen-bond donors (Lipinski definition) is 1. The molecule has 1 atom stereocenters. The van der Waals surface area contributed by atoms with E-state index in [1.807, 2.05) is 0 Å². The lowest BCUT2D eigenvalue weighted by Gasteiger charge is -2.33. The van der Waals surface area contributed by atoms with E-state index < -0.39 is 0 Å². The second-order valence-electron chi connectivity index (χ2n) is 3.65. The lowest BCUT2D eigenvalue weighted by Crippen LogP contribution is -2.50. The third kappa shape index (κ3) is 3.77. The second kappa shape index (κ2) is 6.76. The summed E-state index contributed by atoms with van der Waals surface area (Å²) in [5, 5.41) is 0. The summed E-state index contributed by atoms with van der Waals surface area (Å²) in [5.74, 6) is -0.206. The number of rotatable bonds is 5. The predicted molar refractivity (Wildman–Crippen MR) is 56.5 cm³/mol. The molecular formula is C10H20N2O3. The van der Waals surface area contributed by atoms with Gasteiger partial charge in [-0.25, -0.2) is 0 Å². The van der Waals surface area contributed by atoms with Gasteiger partial charge in [-0.1, -0.05) is 0 Å². The van der Waals surface area contributed by atoms with Gasteiger partial charge in [-0.15, -0.1) is 0 Å². The Bertz CT molecular complexity index is 199. The van der Waals surface area contributed by atoms with Crippen molar-refractivity contribution in [2.45, 2.75) is 18.9 Å². The molecule has 1 aliphatic heterocycles. The number of methoxy groups -OCH3 is 1. The first kappa shape index (κ1) is 12.4. The van der Waals surface area contributed by atoms with Crippen molar-refractivity contribution in [3.05, 3.63) is 0 Å². The van der Waals surface area contributed by atoms with Gasteiger partial charge in [-0.05, 0) is 25.9 Å². The zero-order valence-corrected chi connectivity index (χ0v) is 9.28. The van der Waals surface area contributed by atoms with Crippen molar-refractivity contribution in [3.8, 4) is 0 Å². The third-order valence-corrected chi connectivity index (χ3v) is 2.61. The van der Waals surface area contributed by atoms with Crippen LogP contribution in [-0.4, -0.2) is 56.9 Å². The molecule has 5 nitrogen and oxygen atoms in total. The SMILES string of the molecule is COC(=O)C1COCCN1CCCCN. The summed E-state index contributed by atoms with van der Waals surface area (Å²) in [6, 6.07) is -0.235. The van der Waals surface area contributed by atoms with Gasteiger partial charge in [0.2, 0.25) is 0 Å². The van der Waals surface area contributed by atoms with E-state index in [0.717, 1.165) is 25.9 Å². The normalized spacial score (nSPS) is 22.7. The molecule has 15 heavy (non-hydrogen) atoms. The van der Waals surface area contributed by atoms with E-state index in [-0.39, 0.29) is 12.0 Å². The van der Waals surface area contributed by atoms with Gasteiger partial charge in [0.15, 0.2) is 0 Å². The van der Waals surface area contributed by atoms with Crippen LogP contribution in [-0.2, 0) is 14.3 Å². The van der Waals surface area contributed by atoms with E-state index in [2.05, 4.69) is 4.90 Å². The first-order valence-electron chi connectivity index (χ1n) is 5.39. The maximum atomic E-state index is 11.4. The van der Waals surface area contributed by atoms with E-state index in [9.17, 15) is 4.79 Å². The minimum Gasteiger partial charge on any atom is -0.468 e. The molecule has 0 saturated carbocycles. The smallest absolute Gasteiger partial charge is 0.325 e. The van der Waals surface area contributed by atoms with Crippen molar-refractivity contribution in [1.82, 2.24) is 4.90 Å². The predicted octanol–water partition coefficient (Wildman–Crippen LogP) is -0.401. The molecule has 0 aliphatic carbocycles. The molecule has 1 unspecified atom stereocenters. The third-order valence-electron chi connectivity index (χ3n) is 2.61. The van der Waals surface area contributed by atoms with Crippen molar-refractivity contribution in [2.24, 2.45) is 5.73 Å². The number of carbonyl (C=O) groups is 1. The van der Waals surface area contributed by atoms with Crippen LogP contribution in [0.15, 0.2) is 0 Å². The molecule has 1 aliphatic rings. The highest BCUT2D eigenvalue weighted by atomic mass is 16.5. The van der Waals surface area contributed by atoms with E-state index in [1.54, 1.807) is 0 Å². The van der Waals surface area contributed by atoms with Crippen molar-refractivity contribution in [1.29, 1.82) is 0 Å². The fourth-order valence-electron chi connectivity index (χ4n) is 1.72. The minimum absolute atomic E-state index is 0.206. The summed E-state index contributed by atoms with van der Waals surface area (Å²) in [5.41, 5.74) is 5.43. The van der Waals surface area contributed by atoms with E-state index in [4.69, 9.17) is 15.2 Å². The number of hydrogen-bond acceptors (Lipinski definition) is 5. The van der Waals surface area contributed by atoms with Crippen LogP contribution in [0.4, 0.5) is 0 Å². The second-order valence-corrected chi connectivity index (χ2v) is 3.65. The summed E-state index contributed by atoms with van der Waals surface area (Å²) in [6.07, 6.45) is 2.01. The Hall–Kier alpha value is -0.650. The van der Waals surface area contributed by atoms with Crippen LogP contribution in [0.1, 0.15) is 12.8 Å². The Balaban J connectivity index is 2.39. The zero-order valence-electron chi connectivity index (χ0n) is 9.28. The highest BCUT2D eigenvalue weighted by Crippen LogP contribution is 2.09. The van der Waals surface area contributed by atoms with Gasteiger partial charge in [0.05, 0.1) is 20.3 Å². The largest absolute Gasteiger partial charge is 0.468 e. The highest BCUT2D eigenvalue weighted by Gasteiger charge is 2.29. The highest BCUT2D eigenvalue weighted by molar-refractivity contribution is 5.75. The van der Waals surface area contributed by atoms with Gasteiger partial charge >= 0.3 is 5.97 Å². The summed E-state index contributed by atoms with van der Waals surface area (Å²) in [4.78, 5) is 13.6. The molecule has 0 aromatic heterocycles. The van der Waals surface area contributed by atoms with Crippen molar-refractivity contribution in [3.63, 3.8) is 0 Å². The van der Waals surface area contributed by atoms with Crippen LogP contribution >= 0.6 is 0 Å². The quantitative estimate of drug-likeness (QED) is 0.500. The topological polar surface area (TPSA) is 64.8 Å². The van der Waals surface area contributed by atoms with Gasteiger partial charge in [-0.2, -0.15) is 0 Å². The van der Waals surface area contributed by atoms with Crippen LogP contribution in [0.3, 0.4) is 0 Å². The van der Waals surface area contributed by atoms with E-state index in [0.29, 0.717) is 19.8 Å². The van der Waals surface area contributed by atoms with Gasteiger partial charge in [0, 0.05) is 6.54 Å². The Morgan fingerprint density at radius 1 is 1.60 bits per heavy atom. The number of morpholine rings is 1. The van der Waals surface area contributed by atoms with Gasteiger partial charge < -0.3 is 15.2 Å². The van der Waals surface area contributed by atoms with Crippen LogP contribution in [0, 0.1) is 0 Å². The molecule has 0 spiro atoms. The molecular weight excluding hydrogens is 196 g/mol. The molecule has 0 radical (unpaired) electrons. The first-order valence-corrected chi connectivity index (χ1v) is 5.39. The number of carbonyl (C=O) groups excluding carboxylic acids is 1. The van der Waals surface area contributed by atoms with Crippen LogP contribution in [0.5, 0.6) is 0 Å². The van der Waals surface area contributed by atoms with Gasteiger partial charge in [0.1, 0.15) is 6.04 Å². The number of esters is 1. The van der Waals surface area contributed by atoms with Gasteiger partial charge in [0.25, 0.3) is 0 Å². The lowest BCUT2D eigenvalue weighted by molar-refractivity contribution is -0.153. The molecule has 0 bridgehead atoms. The zero-order chi connectivity index (χ0) is 11.1. The monoisotopic (exact) mass is 216 g/mol. The van der Waals surface area contributed by atoms with Crippen molar-refractivity contribution >= 4 is 5.97 Å². The van der Waals surface area contributed by atoms with E-state index in [1.165, 1.54) is 7.11 Å². The summed E-state index contributed by atoms with van der Waals surface area (Å²) >= 11 is 0. The fourth-order valence-corrected chi connectivity index (χ4v) is 1.72. The summed E-state index contributed by atoms with van der Waals surface area (Å²) < 4.78 is 10.0. The molecule has 0 amide bonds. The number of nitrogens with two attached hydrogens (primary N) is 1. The van der Waals surface area contributed by atoms with Crippen LogP contribution in [0.25, 0.3) is 0 Å². The maximum Gasteiger partial charge on any atom is 0.325 e. The van der Waals surface area contributed by atoms with Crippen molar-refractivity contribution < 1.29 is 14.3 Å². The van der Waals surface area contributed by atoms with Crippen molar-refractivity contribution in [2.75, 3.05) is 40.0 Å². The maximum absolute atomic E-state index is 11.4. The average Bonchev–Trinajstić information content (AvgIpc) is 2.29. The molecule has 1 saturated heterocycles. The molecule has 0 aromatic rings. The Morgan fingerprint density at radius 3 is 3.07 bits per heavy atom. The van der Waals surface area contributed by atoms with E-state index >= 15 is 0 Å². The first-order chi connectivity index (χ1) is 7.29. The Kier molecular flexibility index (Phi) is 5.60. The molecule has 88 valence electrons. The minimum atomic E-state index is -0.235. The molecule has 5 heteroatoms. The number of unbranched alkanes of at least 4 members (excludes halogenated alkanes) is 1. The fraction of sp³-hybridized carbons (Fsp3) is 0.900. The standard InChI is InChI=1S/C10H20N2O3/c1-14-10(13)9-8-15-7-6-12(9)5-3-2-4-11/h9H,2-8,11H2,1H3. The van der Waals surface area contributed by atoms with Crippen LogP contribution in [0.2, 0.25) is 0 Å². The van der Waals surface area contributed by atoms with Gasteiger partial charge in [-0.3, -0.25) is 9.69 Å². The molecule has 1 fully saturated rings. The van der Waals surface area contributed by atoms with Crippen LogP contribution < -0.4 is 5.73 Å². The summed E-state index contributed by atoms with van der Waals surface area (Å²) in [7, 11) is 1.41. The molecule has 0 aromatic carbocycles. The molecule has 1 heterocycles. The number of nitrogens with zero attached hydrogens (tertiary/aromatic N) is 1. The Labute approximate surface area is 90.5 Å². The lowest BCUT2D eigenvalue weighted by atomic mass is 10.2.